The summed E-state index contributed by atoms with van der Waals surface area (Å²) in [5, 5.41) is 0. The number of nitrogens with two attached hydrogens (primary N) is 1. The SMILES string of the molecule is CCCC1CCC[Si](OC)(OC)C1OC.Cl.Nc1ccccc1. The summed E-state index contributed by atoms with van der Waals surface area (Å²) in [7, 11) is 3.26. The van der Waals surface area contributed by atoms with Crippen LogP contribution in [0.5, 0.6) is 0 Å². The molecule has 1 heterocycles. The number of halogens is 1. The molecule has 1 aliphatic rings. The van der Waals surface area contributed by atoms with Crippen molar-refractivity contribution >= 4 is 26.7 Å². The highest BCUT2D eigenvalue weighted by Gasteiger charge is 2.50. The molecule has 0 spiro atoms. The minimum Gasteiger partial charge on any atom is -0.399 e. The molecule has 1 saturated heterocycles. The van der Waals surface area contributed by atoms with E-state index in [1.54, 1.807) is 21.3 Å². The third-order valence-electron chi connectivity index (χ3n) is 4.37. The lowest BCUT2D eigenvalue weighted by molar-refractivity contribution is 0.0398. The normalized spacial score (nSPS) is 22.4. The first-order valence-electron chi connectivity index (χ1n) is 8.07. The summed E-state index contributed by atoms with van der Waals surface area (Å²) in [6.07, 6.45) is 4.91. The maximum Gasteiger partial charge on any atom is 0.367 e. The molecule has 2 N–H and O–H groups in total. The zero-order chi connectivity index (χ0) is 16.4. The van der Waals surface area contributed by atoms with Gasteiger partial charge in [0, 0.05) is 27.0 Å². The smallest absolute Gasteiger partial charge is 0.367 e. The summed E-state index contributed by atoms with van der Waals surface area (Å²) in [6, 6.07) is 10.6. The molecule has 23 heavy (non-hydrogen) atoms. The lowest BCUT2D eigenvalue weighted by Gasteiger charge is -2.42. The number of benzene rings is 1. The van der Waals surface area contributed by atoms with Gasteiger partial charge in [-0.1, -0.05) is 38.0 Å². The summed E-state index contributed by atoms with van der Waals surface area (Å²) >= 11 is 0. The first-order valence-corrected chi connectivity index (χ1v) is 10.2. The molecule has 1 aliphatic heterocycles. The third kappa shape index (κ3) is 6.43. The first kappa shape index (κ1) is 22.4. The number of hydrogen-bond donors (Lipinski definition) is 1. The van der Waals surface area contributed by atoms with Gasteiger partial charge >= 0.3 is 8.56 Å². The van der Waals surface area contributed by atoms with Crippen molar-refractivity contribution in [2.45, 2.75) is 44.4 Å². The van der Waals surface area contributed by atoms with Gasteiger partial charge in [0.25, 0.3) is 0 Å². The highest BCUT2D eigenvalue weighted by Crippen LogP contribution is 2.37. The molecule has 4 nitrogen and oxygen atoms in total. The third-order valence-corrected chi connectivity index (χ3v) is 8.37. The lowest BCUT2D eigenvalue weighted by atomic mass is 9.98. The molecule has 6 heteroatoms. The van der Waals surface area contributed by atoms with Crippen molar-refractivity contribution < 1.29 is 13.6 Å². The Morgan fingerprint density at radius 3 is 2.13 bits per heavy atom. The molecule has 1 fully saturated rings. The molecule has 0 amide bonds. The standard InChI is InChI=1S/C11H24O3Si.C6H7N.ClH/c1-5-7-10-8-6-9-15(13-3,14-4)11(10)12-2;7-6-4-2-1-3-5-6;/h10-11H,5-9H2,1-4H3;1-5H,7H2;1H. The molecule has 1 aromatic carbocycles. The fraction of sp³-hybridized carbons (Fsp3) is 0.647. The monoisotopic (exact) mass is 361 g/mol. The van der Waals surface area contributed by atoms with Gasteiger partial charge in [-0.15, -0.1) is 12.4 Å². The van der Waals surface area contributed by atoms with E-state index in [-0.39, 0.29) is 18.1 Å². The predicted octanol–water partition coefficient (Wildman–Crippen LogP) is 4.18. The largest absolute Gasteiger partial charge is 0.399 e. The van der Waals surface area contributed by atoms with Crippen LogP contribution in [0.2, 0.25) is 6.04 Å². The maximum atomic E-state index is 5.70. The summed E-state index contributed by atoms with van der Waals surface area (Å²) < 4.78 is 17.1. The minimum atomic E-state index is -2.08. The number of rotatable bonds is 5. The Kier molecular flexibility index (Phi) is 11.6. The van der Waals surface area contributed by atoms with E-state index >= 15 is 0 Å². The zero-order valence-electron chi connectivity index (χ0n) is 14.8. The van der Waals surface area contributed by atoms with Crippen LogP contribution in [0, 0.1) is 5.92 Å². The highest BCUT2D eigenvalue weighted by molar-refractivity contribution is 6.69. The molecule has 2 rings (SSSR count). The first-order chi connectivity index (χ1) is 10.6. The topological polar surface area (TPSA) is 53.7 Å². The Hall–Kier alpha value is -0.593. The van der Waals surface area contributed by atoms with Crippen LogP contribution >= 0.6 is 12.4 Å². The molecule has 1 aromatic rings. The van der Waals surface area contributed by atoms with Crippen molar-refractivity contribution in [3.05, 3.63) is 30.3 Å². The number of nitrogen functional groups attached to an aromatic ring is 1. The van der Waals surface area contributed by atoms with Gasteiger partial charge in [0.1, 0.15) is 5.73 Å². The van der Waals surface area contributed by atoms with E-state index in [0.29, 0.717) is 5.92 Å². The van der Waals surface area contributed by atoms with Crippen molar-refractivity contribution in [3.63, 3.8) is 0 Å². The van der Waals surface area contributed by atoms with E-state index in [0.717, 1.165) is 11.7 Å². The molecule has 134 valence electrons. The molecule has 0 saturated carbocycles. The second-order valence-electron chi connectivity index (χ2n) is 5.73. The van der Waals surface area contributed by atoms with Crippen molar-refractivity contribution in [1.29, 1.82) is 0 Å². The zero-order valence-corrected chi connectivity index (χ0v) is 16.6. The maximum absolute atomic E-state index is 5.70. The van der Waals surface area contributed by atoms with Crippen LogP contribution in [0.3, 0.4) is 0 Å². The Balaban J connectivity index is 0.000000509. The highest BCUT2D eigenvalue weighted by atomic mass is 35.5. The van der Waals surface area contributed by atoms with Gasteiger partial charge in [0.05, 0.1) is 0 Å². The number of hydrogen-bond acceptors (Lipinski definition) is 4. The molecule has 2 atom stereocenters. The van der Waals surface area contributed by atoms with E-state index < -0.39 is 8.56 Å². The van der Waals surface area contributed by atoms with Crippen LogP contribution in [0.4, 0.5) is 5.69 Å². The van der Waals surface area contributed by atoms with E-state index in [9.17, 15) is 0 Å². The van der Waals surface area contributed by atoms with Crippen molar-refractivity contribution in [1.82, 2.24) is 0 Å². The van der Waals surface area contributed by atoms with Crippen molar-refractivity contribution in [2.24, 2.45) is 5.92 Å². The summed E-state index contributed by atoms with van der Waals surface area (Å²) in [5.41, 5.74) is 6.39. The van der Waals surface area contributed by atoms with Gasteiger partial charge in [-0.2, -0.15) is 0 Å². The fourth-order valence-corrected chi connectivity index (χ4v) is 6.71. The second kappa shape index (κ2) is 11.9. The molecule has 0 aliphatic carbocycles. The summed E-state index contributed by atoms with van der Waals surface area (Å²) in [4.78, 5) is 0. The van der Waals surface area contributed by atoms with E-state index in [1.807, 2.05) is 30.3 Å². The molecule has 0 radical (unpaired) electrons. The predicted molar refractivity (Wildman–Crippen MR) is 101 cm³/mol. The van der Waals surface area contributed by atoms with Crippen LogP contribution < -0.4 is 5.73 Å². The minimum absolute atomic E-state index is 0. The molecular weight excluding hydrogens is 330 g/mol. The van der Waals surface area contributed by atoms with Gasteiger partial charge in [0.2, 0.25) is 0 Å². The fourth-order valence-electron chi connectivity index (χ4n) is 3.27. The van der Waals surface area contributed by atoms with Gasteiger partial charge in [0.15, 0.2) is 0 Å². The summed E-state index contributed by atoms with van der Waals surface area (Å²) in [6.45, 7) is 2.23. The van der Waals surface area contributed by atoms with E-state index in [1.165, 1.54) is 25.7 Å². The number of ether oxygens (including phenoxy) is 1. The van der Waals surface area contributed by atoms with Gasteiger partial charge in [-0.25, -0.2) is 0 Å². The Morgan fingerprint density at radius 2 is 1.74 bits per heavy atom. The number of para-hydroxylation sites is 1. The molecule has 0 aromatic heterocycles. The molecular formula is C17H32ClNO3Si. The Bertz CT molecular complexity index is 402. The van der Waals surface area contributed by atoms with Crippen LogP contribution in [0.15, 0.2) is 30.3 Å². The van der Waals surface area contributed by atoms with Gasteiger partial charge in [-0.3, -0.25) is 0 Å². The van der Waals surface area contributed by atoms with Crippen LogP contribution in [0.25, 0.3) is 0 Å². The van der Waals surface area contributed by atoms with E-state index in [2.05, 4.69) is 6.92 Å². The Morgan fingerprint density at radius 1 is 1.13 bits per heavy atom. The van der Waals surface area contributed by atoms with Crippen LogP contribution in [-0.2, 0) is 13.6 Å². The second-order valence-corrected chi connectivity index (χ2v) is 9.24. The number of anilines is 1. The van der Waals surface area contributed by atoms with Crippen LogP contribution in [0.1, 0.15) is 32.6 Å². The quantitative estimate of drug-likeness (QED) is 0.631. The Labute approximate surface area is 148 Å². The summed E-state index contributed by atoms with van der Waals surface area (Å²) in [5.74, 6) is 0.625. The van der Waals surface area contributed by atoms with Crippen molar-refractivity contribution in [2.75, 3.05) is 27.1 Å². The van der Waals surface area contributed by atoms with Gasteiger partial charge in [-0.05, 0) is 36.9 Å². The number of methoxy groups -OCH3 is 1. The molecule has 0 bridgehead atoms. The average Bonchev–Trinajstić information content (AvgIpc) is 2.56. The molecule has 2 unspecified atom stereocenters. The van der Waals surface area contributed by atoms with E-state index in [4.69, 9.17) is 19.3 Å². The lowest BCUT2D eigenvalue weighted by Crippen LogP contribution is -2.58. The average molecular weight is 362 g/mol. The van der Waals surface area contributed by atoms with Crippen LogP contribution in [-0.4, -0.2) is 35.6 Å². The van der Waals surface area contributed by atoms with Gasteiger partial charge < -0.3 is 19.3 Å². The van der Waals surface area contributed by atoms with Crippen molar-refractivity contribution in [3.8, 4) is 0 Å².